The van der Waals surface area contributed by atoms with Crippen molar-refractivity contribution in [2.75, 3.05) is 25.1 Å². The standard InChI is InChI=1S/C16H22N2O2/c1-16(2)11-20-10-9-18(16)15(19)14-8-7-12-5-3-4-6-13(12)17-14/h3-6,14,17H,7-11H2,1-2H3. The summed E-state index contributed by atoms with van der Waals surface area (Å²) in [5.41, 5.74) is 2.19. The van der Waals surface area contributed by atoms with Crippen molar-refractivity contribution < 1.29 is 9.53 Å². The molecular weight excluding hydrogens is 252 g/mol. The highest BCUT2D eigenvalue weighted by atomic mass is 16.5. The fourth-order valence-electron chi connectivity index (χ4n) is 3.08. The Morgan fingerprint density at radius 1 is 1.40 bits per heavy atom. The average Bonchev–Trinajstić information content (AvgIpc) is 2.45. The Bertz CT molecular complexity index is 513. The predicted molar refractivity (Wildman–Crippen MR) is 78.8 cm³/mol. The summed E-state index contributed by atoms with van der Waals surface area (Å²) in [5, 5.41) is 3.40. The number of carbonyl (C=O) groups is 1. The van der Waals surface area contributed by atoms with Gasteiger partial charge in [-0.25, -0.2) is 0 Å². The van der Waals surface area contributed by atoms with E-state index in [1.807, 2.05) is 17.0 Å². The van der Waals surface area contributed by atoms with E-state index in [4.69, 9.17) is 4.74 Å². The van der Waals surface area contributed by atoms with Gasteiger partial charge >= 0.3 is 0 Å². The fourth-order valence-corrected chi connectivity index (χ4v) is 3.08. The molecule has 1 aromatic rings. The predicted octanol–water partition coefficient (Wildman–Crippen LogP) is 2.05. The van der Waals surface area contributed by atoms with Gasteiger partial charge in [-0.2, -0.15) is 0 Å². The molecule has 1 atom stereocenters. The second kappa shape index (κ2) is 5.09. The molecule has 1 aromatic carbocycles. The Kier molecular flexibility index (Phi) is 3.42. The molecule has 0 radical (unpaired) electrons. The van der Waals surface area contributed by atoms with Crippen molar-refractivity contribution in [1.82, 2.24) is 4.90 Å². The highest BCUT2D eigenvalue weighted by Crippen LogP contribution is 2.27. The van der Waals surface area contributed by atoms with Crippen molar-refractivity contribution >= 4 is 11.6 Å². The molecule has 4 nitrogen and oxygen atoms in total. The number of ether oxygens (including phenoxy) is 1. The maximum Gasteiger partial charge on any atom is 0.245 e. The molecule has 2 aliphatic rings. The molecule has 4 heteroatoms. The third-order valence-electron chi connectivity index (χ3n) is 4.26. The number of anilines is 1. The van der Waals surface area contributed by atoms with Crippen LogP contribution in [0, 0.1) is 0 Å². The van der Waals surface area contributed by atoms with Crippen LogP contribution in [0.15, 0.2) is 24.3 Å². The number of para-hydroxylation sites is 1. The Morgan fingerprint density at radius 2 is 2.20 bits per heavy atom. The minimum atomic E-state index is -0.214. The maximum absolute atomic E-state index is 12.8. The smallest absolute Gasteiger partial charge is 0.245 e. The third kappa shape index (κ3) is 2.40. The third-order valence-corrected chi connectivity index (χ3v) is 4.26. The van der Waals surface area contributed by atoms with E-state index in [9.17, 15) is 4.79 Å². The van der Waals surface area contributed by atoms with Gasteiger partial charge in [-0.1, -0.05) is 18.2 Å². The molecule has 1 saturated heterocycles. The monoisotopic (exact) mass is 274 g/mol. The first-order valence-electron chi connectivity index (χ1n) is 7.31. The van der Waals surface area contributed by atoms with Gasteiger partial charge < -0.3 is 15.0 Å². The number of hydrogen-bond donors (Lipinski definition) is 1. The summed E-state index contributed by atoms with van der Waals surface area (Å²) < 4.78 is 5.49. The quantitative estimate of drug-likeness (QED) is 0.852. The van der Waals surface area contributed by atoms with Crippen LogP contribution in [0.25, 0.3) is 0 Å². The number of morpholine rings is 1. The van der Waals surface area contributed by atoms with Crippen LogP contribution >= 0.6 is 0 Å². The van der Waals surface area contributed by atoms with Gasteiger partial charge in [0.1, 0.15) is 6.04 Å². The van der Waals surface area contributed by atoms with Crippen molar-refractivity contribution in [2.45, 2.75) is 38.3 Å². The lowest BCUT2D eigenvalue weighted by Gasteiger charge is -2.44. The molecule has 0 aromatic heterocycles. The van der Waals surface area contributed by atoms with Crippen LogP contribution < -0.4 is 5.32 Å². The van der Waals surface area contributed by atoms with E-state index in [1.165, 1.54) is 5.56 Å². The summed E-state index contributed by atoms with van der Waals surface area (Å²) in [6, 6.07) is 8.13. The highest BCUT2D eigenvalue weighted by molar-refractivity contribution is 5.86. The van der Waals surface area contributed by atoms with Gasteiger partial charge in [0, 0.05) is 12.2 Å². The fraction of sp³-hybridized carbons (Fsp3) is 0.562. The van der Waals surface area contributed by atoms with Gasteiger partial charge in [0.25, 0.3) is 0 Å². The number of fused-ring (bicyclic) bond motifs is 1. The molecule has 1 fully saturated rings. The van der Waals surface area contributed by atoms with Gasteiger partial charge in [0.2, 0.25) is 5.91 Å². The van der Waals surface area contributed by atoms with Gasteiger partial charge in [-0.05, 0) is 38.3 Å². The maximum atomic E-state index is 12.8. The van der Waals surface area contributed by atoms with Crippen LogP contribution in [-0.4, -0.2) is 42.1 Å². The lowest BCUT2D eigenvalue weighted by Crippen LogP contribution is -2.59. The number of hydrogen-bond acceptors (Lipinski definition) is 3. The summed E-state index contributed by atoms with van der Waals surface area (Å²) in [7, 11) is 0. The summed E-state index contributed by atoms with van der Waals surface area (Å²) in [6.45, 7) is 6.08. The van der Waals surface area contributed by atoms with E-state index in [0.29, 0.717) is 19.8 Å². The van der Waals surface area contributed by atoms with E-state index >= 15 is 0 Å². The van der Waals surface area contributed by atoms with Crippen LogP contribution in [0.4, 0.5) is 5.69 Å². The Hall–Kier alpha value is -1.55. The largest absolute Gasteiger partial charge is 0.377 e. The first-order chi connectivity index (χ1) is 9.58. The summed E-state index contributed by atoms with van der Waals surface area (Å²) >= 11 is 0. The lowest BCUT2D eigenvalue weighted by atomic mass is 9.95. The zero-order chi connectivity index (χ0) is 14.2. The van der Waals surface area contributed by atoms with E-state index in [0.717, 1.165) is 18.5 Å². The first-order valence-corrected chi connectivity index (χ1v) is 7.31. The lowest BCUT2D eigenvalue weighted by molar-refractivity contribution is -0.147. The number of benzene rings is 1. The van der Waals surface area contributed by atoms with Crippen molar-refractivity contribution in [3.63, 3.8) is 0 Å². The molecule has 0 saturated carbocycles. The second-order valence-electron chi connectivity index (χ2n) is 6.25. The summed E-state index contributed by atoms with van der Waals surface area (Å²) in [6.07, 6.45) is 1.83. The molecule has 2 aliphatic heterocycles. The Morgan fingerprint density at radius 3 is 3.00 bits per heavy atom. The molecular formula is C16H22N2O2. The Labute approximate surface area is 120 Å². The zero-order valence-electron chi connectivity index (χ0n) is 12.2. The SMILES string of the molecule is CC1(C)COCCN1C(=O)C1CCc2ccccc2N1. The molecule has 20 heavy (non-hydrogen) atoms. The van der Waals surface area contributed by atoms with E-state index < -0.39 is 0 Å². The van der Waals surface area contributed by atoms with Crippen molar-refractivity contribution in [2.24, 2.45) is 0 Å². The molecule has 0 aliphatic carbocycles. The van der Waals surface area contributed by atoms with E-state index in [2.05, 4.69) is 31.3 Å². The van der Waals surface area contributed by atoms with Crippen LogP contribution in [0.1, 0.15) is 25.8 Å². The Balaban J connectivity index is 1.76. The number of rotatable bonds is 1. The number of amides is 1. The number of nitrogens with one attached hydrogen (secondary N) is 1. The first kappa shape index (κ1) is 13.4. The van der Waals surface area contributed by atoms with Crippen molar-refractivity contribution in [3.8, 4) is 0 Å². The summed E-state index contributed by atoms with van der Waals surface area (Å²) in [4.78, 5) is 14.8. The average molecular weight is 274 g/mol. The number of carbonyl (C=O) groups excluding carboxylic acids is 1. The van der Waals surface area contributed by atoms with Crippen LogP contribution in [0.5, 0.6) is 0 Å². The van der Waals surface area contributed by atoms with E-state index in [-0.39, 0.29) is 17.5 Å². The number of nitrogens with zero attached hydrogens (tertiary/aromatic N) is 1. The molecule has 0 spiro atoms. The second-order valence-corrected chi connectivity index (χ2v) is 6.25. The zero-order valence-corrected chi connectivity index (χ0v) is 12.2. The van der Waals surface area contributed by atoms with Crippen molar-refractivity contribution in [3.05, 3.63) is 29.8 Å². The molecule has 2 heterocycles. The minimum Gasteiger partial charge on any atom is -0.377 e. The van der Waals surface area contributed by atoms with Crippen LogP contribution in [-0.2, 0) is 16.0 Å². The minimum absolute atomic E-state index is 0.109. The van der Waals surface area contributed by atoms with Gasteiger partial charge in [-0.15, -0.1) is 0 Å². The molecule has 1 N–H and O–H groups in total. The topological polar surface area (TPSA) is 41.6 Å². The number of aryl methyl sites for hydroxylation is 1. The molecule has 3 rings (SSSR count). The van der Waals surface area contributed by atoms with Crippen molar-refractivity contribution in [1.29, 1.82) is 0 Å². The van der Waals surface area contributed by atoms with Gasteiger partial charge in [0.05, 0.1) is 18.8 Å². The summed E-state index contributed by atoms with van der Waals surface area (Å²) in [5.74, 6) is 0.202. The van der Waals surface area contributed by atoms with Crippen LogP contribution in [0.3, 0.4) is 0 Å². The molecule has 1 unspecified atom stereocenters. The molecule has 1 amide bonds. The van der Waals surface area contributed by atoms with Gasteiger partial charge in [0.15, 0.2) is 0 Å². The normalized spacial score (nSPS) is 24.7. The van der Waals surface area contributed by atoms with Crippen LogP contribution in [0.2, 0.25) is 0 Å². The van der Waals surface area contributed by atoms with Gasteiger partial charge in [-0.3, -0.25) is 4.79 Å². The highest BCUT2D eigenvalue weighted by Gasteiger charge is 2.38. The molecule has 0 bridgehead atoms. The van der Waals surface area contributed by atoms with E-state index in [1.54, 1.807) is 0 Å². The molecule has 108 valence electrons.